The second-order valence-corrected chi connectivity index (χ2v) is 6.59. The van der Waals surface area contributed by atoms with Crippen LogP contribution in [0.25, 0.3) is 0 Å². The predicted molar refractivity (Wildman–Crippen MR) is 83.8 cm³/mol. The molecule has 0 aliphatic heterocycles. The van der Waals surface area contributed by atoms with E-state index in [1.54, 1.807) is 0 Å². The zero-order valence-electron chi connectivity index (χ0n) is 8.38. The molecule has 0 bridgehead atoms. The monoisotopic (exact) mass is 482 g/mol. The molecule has 0 N–H and O–H groups in total. The maximum atomic E-state index is 5.78. The third-order valence-electron chi connectivity index (χ3n) is 2.04. The van der Waals surface area contributed by atoms with E-state index in [0.29, 0.717) is 0 Å². The zero-order valence-corrected chi connectivity index (χ0v) is 14.7. The average molecular weight is 486 g/mol. The van der Waals surface area contributed by atoms with E-state index in [2.05, 4.69) is 63.7 Å². The van der Waals surface area contributed by atoms with Crippen molar-refractivity contribution in [1.82, 2.24) is 0 Å². The topological polar surface area (TPSA) is 9.23 Å². The molecule has 88 valence electrons. The highest BCUT2D eigenvalue weighted by atomic mass is 79.9. The molecule has 5 heteroatoms. The molecule has 2 aromatic rings. The largest absolute Gasteiger partial charge is 0.456 e. The van der Waals surface area contributed by atoms with Crippen LogP contribution in [0.2, 0.25) is 0 Å². The fourth-order valence-corrected chi connectivity index (χ4v) is 2.83. The number of hydrogen-bond donors (Lipinski definition) is 0. The molecule has 17 heavy (non-hydrogen) atoms. The predicted octanol–water partition coefficient (Wildman–Crippen LogP) is 6.53. The van der Waals surface area contributed by atoms with Crippen LogP contribution in [0.3, 0.4) is 0 Å². The van der Waals surface area contributed by atoms with Gasteiger partial charge in [0.05, 0.1) is 4.47 Å². The van der Waals surface area contributed by atoms with Crippen molar-refractivity contribution in [3.05, 3.63) is 54.3 Å². The van der Waals surface area contributed by atoms with Crippen molar-refractivity contribution in [3.63, 3.8) is 0 Å². The molecule has 0 aliphatic carbocycles. The van der Waals surface area contributed by atoms with Gasteiger partial charge in [-0.3, -0.25) is 0 Å². The van der Waals surface area contributed by atoms with Gasteiger partial charge in [0.1, 0.15) is 11.5 Å². The van der Waals surface area contributed by atoms with E-state index in [-0.39, 0.29) is 0 Å². The van der Waals surface area contributed by atoms with Crippen molar-refractivity contribution < 1.29 is 4.74 Å². The van der Waals surface area contributed by atoms with Crippen molar-refractivity contribution in [2.24, 2.45) is 0 Å². The summed E-state index contributed by atoms with van der Waals surface area (Å²) in [6.45, 7) is 0. The Bertz CT molecular complexity index is 537. The van der Waals surface area contributed by atoms with Gasteiger partial charge in [0.25, 0.3) is 0 Å². The molecule has 2 aromatic carbocycles. The summed E-state index contributed by atoms with van der Waals surface area (Å²) in [7, 11) is 0. The van der Waals surface area contributed by atoms with E-state index in [1.165, 1.54) is 0 Å². The standard InChI is InChI=1S/C12H6Br4O/c13-7-1-3-8(4-2-7)17-10-6-5-9(14)11(15)12(10)16/h1-6H. The van der Waals surface area contributed by atoms with Crippen LogP contribution in [0.1, 0.15) is 0 Å². The molecule has 0 aromatic heterocycles. The lowest BCUT2D eigenvalue weighted by Gasteiger charge is -2.09. The Morgan fingerprint density at radius 3 is 2.00 bits per heavy atom. The van der Waals surface area contributed by atoms with Gasteiger partial charge in [-0.2, -0.15) is 0 Å². The average Bonchev–Trinajstić information content (AvgIpc) is 2.33. The first-order valence-electron chi connectivity index (χ1n) is 4.65. The Morgan fingerprint density at radius 1 is 0.706 bits per heavy atom. The van der Waals surface area contributed by atoms with Crippen molar-refractivity contribution in [2.45, 2.75) is 0 Å². The van der Waals surface area contributed by atoms with Gasteiger partial charge in [-0.05, 0) is 84.2 Å². The summed E-state index contributed by atoms with van der Waals surface area (Å²) in [6.07, 6.45) is 0. The first kappa shape index (κ1) is 13.6. The normalized spacial score (nSPS) is 10.4. The zero-order chi connectivity index (χ0) is 12.4. The fourth-order valence-electron chi connectivity index (χ4n) is 1.22. The summed E-state index contributed by atoms with van der Waals surface area (Å²) in [6, 6.07) is 11.5. The molecule has 1 nitrogen and oxygen atoms in total. The lowest BCUT2D eigenvalue weighted by molar-refractivity contribution is 0.479. The van der Waals surface area contributed by atoms with Gasteiger partial charge in [0.2, 0.25) is 0 Å². The highest BCUT2D eigenvalue weighted by Gasteiger charge is 2.09. The molecular formula is C12H6Br4O. The van der Waals surface area contributed by atoms with Gasteiger partial charge < -0.3 is 4.74 Å². The van der Waals surface area contributed by atoms with Crippen LogP contribution in [0, 0.1) is 0 Å². The smallest absolute Gasteiger partial charge is 0.142 e. The van der Waals surface area contributed by atoms with E-state index in [9.17, 15) is 0 Å². The SMILES string of the molecule is Brc1ccc(Oc2ccc(Br)c(Br)c2Br)cc1. The summed E-state index contributed by atoms with van der Waals surface area (Å²) in [5.41, 5.74) is 0. The van der Waals surface area contributed by atoms with Crippen LogP contribution in [0.15, 0.2) is 54.3 Å². The summed E-state index contributed by atoms with van der Waals surface area (Å²) < 4.78 is 9.61. The first-order valence-corrected chi connectivity index (χ1v) is 7.82. The maximum Gasteiger partial charge on any atom is 0.142 e. The molecule has 0 saturated heterocycles. The fraction of sp³-hybridized carbons (Fsp3) is 0. The summed E-state index contributed by atoms with van der Waals surface area (Å²) in [5.74, 6) is 1.56. The minimum Gasteiger partial charge on any atom is -0.456 e. The van der Waals surface area contributed by atoms with Gasteiger partial charge in [0, 0.05) is 13.4 Å². The van der Waals surface area contributed by atoms with Crippen LogP contribution in [-0.4, -0.2) is 0 Å². The summed E-state index contributed by atoms with van der Waals surface area (Å²) in [5, 5.41) is 0. The molecule has 0 fully saturated rings. The number of halogens is 4. The minimum absolute atomic E-state index is 0.766. The van der Waals surface area contributed by atoms with Crippen LogP contribution in [-0.2, 0) is 0 Å². The second kappa shape index (κ2) is 5.87. The third kappa shape index (κ3) is 3.34. The van der Waals surface area contributed by atoms with Crippen molar-refractivity contribution in [3.8, 4) is 11.5 Å². The number of hydrogen-bond acceptors (Lipinski definition) is 1. The van der Waals surface area contributed by atoms with Crippen LogP contribution >= 0.6 is 63.7 Å². The van der Waals surface area contributed by atoms with Crippen LogP contribution < -0.4 is 4.74 Å². The molecule has 0 amide bonds. The maximum absolute atomic E-state index is 5.78. The molecule has 0 heterocycles. The molecule has 2 rings (SSSR count). The van der Waals surface area contributed by atoms with Crippen LogP contribution in [0.5, 0.6) is 11.5 Å². The van der Waals surface area contributed by atoms with Gasteiger partial charge in [-0.1, -0.05) is 15.9 Å². The van der Waals surface area contributed by atoms with E-state index in [4.69, 9.17) is 4.74 Å². The number of ether oxygens (including phenoxy) is 1. The minimum atomic E-state index is 0.766. The molecule has 0 spiro atoms. The Kier molecular flexibility index (Phi) is 4.69. The van der Waals surface area contributed by atoms with Gasteiger partial charge in [-0.15, -0.1) is 0 Å². The van der Waals surface area contributed by atoms with Crippen LogP contribution in [0.4, 0.5) is 0 Å². The third-order valence-corrected chi connectivity index (χ3v) is 5.91. The summed E-state index contributed by atoms with van der Waals surface area (Å²) >= 11 is 13.8. The second-order valence-electron chi connectivity index (χ2n) is 3.23. The first-order chi connectivity index (χ1) is 8.08. The van der Waals surface area contributed by atoms with Crippen molar-refractivity contribution in [1.29, 1.82) is 0 Å². The highest BCUT2D eigenvalue weighted by molar-refractivity contribution is 9.14. The van der Waals surface area contributed by atoms with E-state index in [1.807, 2.05) is 36.4 Å². The quantitative estimate of drug-likeness (QED) is 0.440. The van der Waals surface area contributed by atoms with Gasteiger partial charge in [0.15, 0.2) is 0 Å². The molecule has 0 saturated carbocycles. The molecule has 0 radical (unpaired) electrons. The Morgan fingerprint density at radius 2 is 1.35 bits per heavy atom. The number of rotatable bonds is 2. The lowest BCUT2D eigenvalue weighted by atomic mass is 10.3. The Hall–Kier alpha value is 0.160. The highest BCUT2D eigenvalue weighted by Crippen LogP contribution is 2.39. The lowest BCUT2D eigenvalue weighted by Crippen LogP contribution is -1.86. The van der Waals surface area contributed by atoms with E-state index in [0.717, 1.165) is 29.4 Å². The summed E-state index contributed by atoms with van der Waals surface area (Å²) in [4.78, 5) is 0. The number of benzene rings is 2. The van der Waals surface area contributed by atoms with Gasteiger partial charge >= 0.3 is 0 Å². The molecule has 0 atom stereocenters. The molecular weight excluding hydrogens is 480 g/mol. The van der Waals surface area contributed by atoms with Crippen molar-refractivity contribution >= 4 is 63.7 Å². The van der Waals surface area contributed by atoms with Crippen molar-refractivity contribution in [2.75, 3.05) is 0 Å². The van der Waals surface area contributed by atoms with E-state index >= 15 is 0 Å². The molecule has 0 unspecified atom stereocenters. The van der Waals surface area contributed by atoms with Gasteiger partial charge in [-0.25, -0.2) is 0 Å². The Labute approximate surface area is 133 Å². The molecule has 0 aliphatic rings. The van der Waals surface area contributed by atoms with E-state index < -0.39 is 0 Å². The Balaban J connectivity index is 2.30.